The van der Waals surface area contributed by atoms with E-state index < -0.39 is 0 Å². The van der Waals surface area contributed by atoms with Crippen molar-refractivity contribution in [3.63, 3.8) is 0 Å². The summed E-state index contributed by atoms with van der Waals surface area (Å²) in [6.07, 6.45) is 1.68. The van der Waals surface area contributed by atoms with Crippen LogP contribution >= 0.6 is 15.9 Å². The zero-order valence-corrected chi connectivity index (χ0v) is 12.2. The molecule has 2 aromatic rings. The van der Waals surface area contributed by atoms with Crippen molar-refractivity contribution in [3.05, 3.63) is 45.7 Å². The maximum Gasteiger partial charge on any atom is 0.161 e. The van der Waals surface area contributed by atoms with Gasteiger partial charge in [-0.1, -0.05) is 33.6 Å². The fraction of sp³-hybridized carbons (Fsp3) is 0.308. The van der Waals surface area contributed by atoms with E-state index in [1.165, 1.54) is 5.56 Å². The van der Waals surface area contributed by atoms with Gasteiger partial charge in [-0.05, 0) is 18.6 Å². The zero-order chi connectivity index (χ0) is 13.3. The first-order valence-electron chi connectivity index (χ1n) is 5.62. The highest BCUT2D eigenvalue weighted by Gasteiger charge is 2.20. The van der Waals surface area contributed by atoms with Crippen LogP contribution in [0.15, 0.2) is 28.9 Å². The first-order valence-corrected chi connectivity index (χ1v) is 6.41. The summed E-state index contributed by atoms with van der Waals surface area (Å²) in [6.45, 7) is 2.04. The number of nitrogens with two attached hydrogens (primary N) is 1. The molecule has 0 spiro atoms. The number of methoxy groups -OCH3 is 1. The van der Waals surface area contributed by atoms with Gasteiger partial charge in [-0.3, -0.25) is 4.68 Å². The number of hydrogen-bond acceptors (Lipinski definition) is 3. The minimum atomic E-state index is -0.276. The number of hydrogen-bond donors (Lipinski definition) is 1. The van der Waals surface area contributed by atoms with Gasteiger partial charge in [0.2, 0.25) is 0 Å². The highest BCUT2D eigenvalue weighted by atomic mass is 79.9. The highest BCUT2D eigenvalue weighted by molar-refractivity contribution is 9.10. The number of rotatable bonds is 3. The van der Waals surface area contributed by atoms with Crippen LogP contribution < -0.4 is 10.5 Å². The molecule has 0 saturated heterocycles. The third kappa shape index (κ3) is 2.28. The predicted molar refractivity (Wildman–Crippen MR) is 74.7 cm³/mol. The van der Waals surface area contributed by atoms with Crippen LogP contribution in [0, 0.1) is 6.92 Å². The van der Waals surface area contributed by atoms with Crippen LogP contribution in [0.3, 0.4) is 0 Å². The Hall–Kier alpha value is -1.33. The zero-order valence-electron chi connectivity index (χ0n) is 10.6. The van der Waals surface area contributed by atoms with Crippen LogP contribution in [0.25, 0.3) is 0 Å². The Labute approximate surface area is 115 Å². The van der Waals surface area contributed by atoms with Crippen molar-refractivity contribution in [3.8, 4) is 5.75 Å². The normalized spacial score (nSPS) is 12.5. The van der Waals surface area contributed by atoms with Crippen LogP contribution in [0.1, 0.15) is 22.9 Å². The number of halogens is 1. The molecule has 1 aromatic heterocycles. The van der Waals surface area contributed by atoms with Gasteiger partial charge in [0.25, 0.3) is 0 Å². The molecular weight excluding hydrogens is 294 g/mol. The van der Waals surface area contributed by atoms with Crippen LogP contribution in [-0.2, 0) is 7.05 Å². The van der Waals surface area contributed by atoms with E-state index in [1.807, 2.05) is 26.1 Å². The molecule has 0 bridgehead atoms. The van der Waals surface area contributed by atoms with E-state index in [9.17, 15) is 0 Å². The van der Waals surface area contributed by atoms with Gasteiger partial charge >= 0.3 is 0 Å². The summed E-state index contributed by atoms with van der Waals surface area (Å²) in [4.78, 5) is 0. The molecule has 0 amide bonds. The van der Waals surface area contributed by atoms with Crippen molar-refractivity contribution in [2.75, 3.05) is 7.11 Å². The van der Waals surface area contributed by atoms with E-state index in [4.69, 9.17) is 10.5 Å². The molecule has 0 radical (unpaired) electrons. The average Bonchev–Trinajstić information content (AvgIpc) is 2.72. The maximum absolute atomic E-state index is 6.34. The molecule has 5 heteroatoms. The lowest BCUT2D eigenvalue weighted by Gasteiger charge is -2.16. The molecule has 2 rings (SSSR count). The Bertz CT molecular complexity index is 565. The topological polar surface area (TPSA) is 53.1 Å². The molecule has 4 nitrogen and oxygen atoms in total. The first-order chi connectivity index (χ1) is 8.54. The summed E-state index contributed by atoms with van der Waals surface area (Å²) >= 11 is 3.54. The van der Waals surface area contributed by atoms with E-state index >= 15 is 0 Å². The van der Waals surface area contributed by atoms with Gasteiger partial charge in [-0.2, -0.15) is 5.10 Å². The summed E-state index contributed by atoms with van der Waals surface area (Å²) in [6, 6.07) is 5.84. The quantitative estimate of drug-likeness (QED) is 0.948. The number of benzene rings is 1. The first kappa shape index (κ1) is 13.1. The molecule has 0 aliphatic heterocycles. The summed E-state index contributed by atoms with van der Waals surface area (Å²) in [7, 11) is 3.49. The molecule has 0 aliphatic rings. The summed E-state index contributed by atoms with van der Waals surface area (Å²) in [5.41, 5.74) is 9.40. The minimum Gasteiger partial charge on any atom is -0.493 e. The second-order valence-corrected chi connectivity index (χ2v) is 5.08. The van der Waals surface area contributed by atoms with Crippen molar-refractivity contribution in [1.29, 1.82) is 0 Å². The lowest BCUT2D eigenvalue weighted by Crippen LogP contribution is -2.17. The van der Waals surface area contributed by atoms with E-state index in [1.54, 1.807) is 18.0 Å². The fourth-order valence-electron chi connectivity index (χ4n) is 1.99. The molecule has 1 aromatic carbocycles. The molecule has 18 heavy (non-hydrogen) atoms. The van der Waals surface area contributed by atoms with Crippen LogP contribution in [0.5, 0.6) is 5.75 Å². The summed E-state index contributed by atoms with van der Waals surface area (Å²) in [5, 5.41) is 4.18. The molecule has 0 saturated carbocycles. The van der Waals surface area contributed by atoms with Crippen LogP contribution in [0.4, 0.5) is 0 Å². The lowest BCUT2D eigenvalue weighted by atomic mass is 10.0. The molecule has 0 fully saturated rings. The van der Waals surface area contributed by atoms with E-state index in [0.717, 1.165) is 15.7 Å². The number of ether oxygens (including phenoxy) is 1. The minimum absolute atomic E-state index is 0.276. The van der Waals surface area contributed by atoms with Crippen molar-refractivity contribution in [2.45, 2.75) is 13.0 Å². The van der Waals surface area contributed by atoms with E-state index in [2.05, 4.69) is 27.1 Å². The molecule has 2 N–H and O–H groups in total. The number of aryl methyl sites for hydroxylation is 2. The monoisotopic (exact) mass is 309 g/mol. The summed E-state index contributed by atoms with van der Waals surface area (Å²) in [5.74, 6) is 0.707. The SMILES string of the molecule is COc1cnn(C)c1C(N)c1cc(C)ccc1Br. The molecule has 0 aliphatic carbocycles. The van der Waals surface area contributed by atoms with Crippen LogP contribution in [-0.4, -0.2) is 16.9 Å². The Morgan fingerprint density at radius 3 is 2.83 bits per heavy atom. The van der Waals surface area contributed by atoms with Gasteiger partial charge in [0.05, 0.1) is 19.3 Å². The Kier molecular flexibility index (Phi) is 3.73. The molecule has 1 unspecified atom stereocenters. The van der Waals surface area contributed by atoms with Gasteiger partial charge in [0.15, 0.2) is 5.75 Å². The second kappa shape index (κ2) is 5.12. The summed E-state index contributed by atoms with van der Waals surface area (Å²) < 4.78 is 8.04. The largest absolute Gasteiger partial charge is 0.493 e. The molecule has 96 valence electrons. The third-order valence-corrected chi connectivity index (χ3v) is 3.67. The second-order valence-electron chi connectivity index (χ2n) is 4.22. The van der Waals surface area contributed by atoms with Crippen molar-refractivity contribution >= 4 is 15.9 Å². The lowest BCUT2D eigenvalue weighted by molar-refractivity contribution is 0.406. The van der Waals surface area contributed by atoms with Crippen molar-refractivity contribution in [2.24, 2.45) is 12.8 Å². The smallest absolute Gasteiger partial charge is 0.161 e. The van der Waals surface area contributed by atoms with E-state index in [-0.39, 0.29) is 6.04 Å². The average molecular weight is 310 g/mol. The van der Waals surface area contributed by atoms with Gasteiger partial charge < -0.3 is 10.5 Å². The van der Waals surface area contributed by atoms with Gasteiger partial charge in [-0.25, -0.2) is 0 Å². The number of nitrogens with zero attached hydrogens (tertiary/aromatic N) is 2. The predicted octanol–water partition coefficient (Wildman–Crippen LogP) is 2.55. The third-order valence-electron chi connectivity index (χ3n) is 2.95. The van der Waals surface area contributed by atoms with Gasteiger partial charge in [0.1, 0.15) is 5.69 Å². The Balaban J connectivity index is 2.50. The fourth-order valence-corrected chi connectivity index (χ4v) is 2.48. The van der Waals surface area contributed by atoms with E-state index in [0.29, 0.717) is 5.75 Å². The highest BCUT2D eigenvalue weighted by Crippen LogP contribution is 2.32. The molecule has 1 atom stereocenters. The standard InChI is InChI=1S/C13H16BrN3O/c1-8-4-5-10(14)9(6-8)12(15)13-11(18-3)7-16-17(13)2/h4-7,12H,15H2,1-3H3. The Morgan fingerprint density at radius 1 is 1.44 bits per heavy atom. The molecule has 1 heterocycles. The van der Waals surface area contributed by atoms with Crippen molar-refractivity contribution in [1.82, 2.24) is 9.78 Å². The van der Waals surface area contributed by atoms with Crippen LogP contribution in [0.2, 0.25) is 0 Å². The van der Waals surface area contributed by atoms with Gasteiger partial charge in [-0.15, -0.1) is 0 Å². The maximum atomic E-state index is 6.34. The molecular formula is C13H16BrN3O. The Morgan fingerprint density at radius 2 is 2.17 bits per heavy atom. The number of aromatic nitrogens is 2. The van der Waals surface area contributed by atoms with Gasteiger partial charge in [0, 0.05) is 11.5 Å². The van der Waals surface area contributed by atoms with Crippen molar-refractivity contribution < 1.29 is 4.74 Å².